The van der Waals surface area contributed by atoms with Gasteiger partial charge in [0.15, 0.2) is 0 Å². The molecule has 0 aliphatic rings. The second kappa shape index (κ2) is 6.57. The average Bonchev–Trinajstić information content (AvgIpc) is 2.42. The molecule has 2 nitrogen and oxygen atoms in total. The Morgan fingerprint density at radius 3 is 2.15 bits per heavy atom. The van der Waals surface area contributed by atoms with Gasteiger partial charge >= 0.3 is 0 Å². The second-order valence-corrected chi connectivity index (χ2v) is 5.91. The van der Waals surface area contributed by atoms with E-state index in [1.807, 2.05) is 7.05 Å². The Balaban J connectivity index is 2.36. The van der Waals surface area contributed by atoms with Crippen molar-refractivity contribution in [1.82, 2.24) is 10.3 Å². The summed E-state index contributed by atoms with van der Waals surface area (Å²) in [6.07, 6.45) is 1.62. The van der Waals surface area contributed by atoms with Gasteiger partial charge in [-0.1, -0.05) is 61.3 Å². The smallest absolute Gasteiger partial charge is 0.0805 e. The number of hydrogen-bond acceptors (Lipinski definition) is 2. The summed E-state index contributed by atoms with van der Waals surface area (Å²) < 4.78 is 0. The largest absolute Gasteiger partial charge is 0.308 e. The van der Waals surface area contributed by atoms with Crippen LogP contribution in [0, 0.1) is 0 Å². The first kappa shape index (κ1) is 15.3. The predicted molar refractivity (Wildman–Crippen MR) is 85.7 cm³/mol. The lowest BCUT2D eigenvalue weighted by molar-refractivity contribution is 0.670. The van der Waals surface area contributed by atoms with Crippen LogP contribution in [-0.4, -0.2) is 12.0 Å². The molecule has 0 aliphatic carbocycles. The highest BCUT2D eigenvalue weighted by Gasteiger charge is 2.17. The van der Waals surface area contributed by atoms with E-state index in [1.54, 1.807) is 12.3 Å². The van der Waals surface area contributed by atoms with E-state index in [1.165, 1.54) is 5.56 Å². The lowest BCUT2D eigenvalue weighted by Gasteiger charge is -2.18. The molecule has 1 N–H and O–H groups in total. The summed E-state index contributed by atoms with van der Waals surface area (Å²) in [6, 6.07) is 10.2. The van der Waals surface area contributed by atoms with Crippen LogP contribution >= 0.6 is 23.2 Å². The Kier molecular flexibility index (Phi) is 5.03. The van der Waals surface area contributed by atoms with Gasteiger partial charge in [-0.25, -0.2) is 0 Å². The molecule has 0 spiro atoms. The van der Waals surface area contributed by atoms with Crippen molar-refractivity contribution in [2.75, 3.05) is 7.05 Å². The first-order valence-corrected chi connectivity index (χ1v) is 7.36. The maximum absolute atomic E-state index is 6.25. The van der Waals surface area contributed by atoms with Gasteiger partial charge in [0.2, 0.25) is 0 Å². The van der Waals surface area contributed by atoms with E-state index in [2.05, 4.69) is 48.4 Å². The highest BCUT2D eigenvalue weighted by atomic mass is 35.5. The maximum Gasteiger partial charge on any atom is 0.0805 e. The maximum atomic E-state index is 6.25. The normalized spacial score (nSPS) is 12.7. The summed E-state index contributed by atoms with van der Waals surface area (Å²) >= 11 is 12.1. The molecular formula is C16H18Cl2N2. The van der Waals surface area contributed by atoms with Crippen LogP contribution in [0.15, 0.2) is 36.5 Å². The zero-order valence-corrected chi connectivity index (χ0v) is 13.3. The first-order valence-electron chi connectivity index (χ1n) is 6.61. The Morgan fingerprint density at radius 2 is 1.65 bits per heavy atom. The van der Waals surface area contributed by atoms with Crippen molar-refractivity contribution in [3.8, 4) is 0 Å². The van der Waals surface area contributed by atoms with Gasteiger partial charge < -0.3 is 5.32 Å². The van der Waals surface area contributed by atoms with Crippen LogP contribution in [0.3, 0.4) is 0 Å². The number of benzene rings is 1. The van der Waals surface area contributed by atoms with Crippen molar-refractivity contribution >= 4 is 23.2 Å². The Labute approximate surface area is 130 Å². The van der Waals surface area contributed by atoms with Crippen molar-refractivity contribution in [1.29, 1.82) is 0 Å². The van der Waals surface area contributed by atoms with E-state index in [9.17, 15) is 0 Å². The number of hydrogen-bond donors (Lipinski definition) is 1. The number of rotatable bonds is 4. The van der Waals surface area contributed by atoms with Gasteiger partial charge in [0.25, 0.3) is 0 Å². The number of nitrogens with zero attached hydrogens (tertiary/aromatic N) is 1. The molecule has 0 aliphatic heterocycles. The summed E-state index contributed by atoms with van der Waals surface area (Å²) in [5, 5.41) is 4.37. The second-order valence-electron chi connectivity index (χ2n) is 5.06. The summed E-state index contributed by atoms with van der Waals surface area (Å²) in [7, 11) is 1.90. The molecule has 4 heteroatoms. The van der Waals surface area contributed by atoms with Crippen molar-refractivity contribution in [2.24, 2.45) is 0 Å². The van der Waals surface area contributed by atoms with Crippen molar-refractivity contribution < 1.29 is 0 Å². The zero-order valence-electron chi connectivity index (χ0n) is 11.8. The minimum absolute atomic E-state index is 0.0408. The molecule has 2 aromatic rings. The number of pyridine rings is 1. The summed E-state index contributed by atoms with van der Waals surface area (Å²) in [5.41, 5.74) is 3.24. The molecule has 0 saturated heterocycles. The van der Waals surface area contributed by atoms with Crippen LogP contribution in [0.4, 0.5) is 0 Å². The fourth-order valence-corrected chi connectivity index (χ4v) is 2.66. The van der Waals surface area contributed by atoms with Crippen LogP contribution in [0.2, 0.25) is 10.0 Å². The van der Waals surface area contributed by atoms with E-state index in [0.717, 1.165) is 11.3 Å². The topological polar surface area (TPSA) is 24.9 Å². The van der Waals surface area contributed by atoms with Crippen molar-refractivity contribution in [3.63, 3.8) is 0 Å². The van der Waals surface area contributed by atoms with Crippen LogP contribution < -0.4 is 5.32 Å². The molecule has 0 fully saturated rings. The third-order valence-corrected chi connectivity index (χ3v) is 3.84. The molecular weight excluding hydrogens is 291 g/mol. The van der Waals surface area contributed by atoms with E-state index in [0.29, 0.717) is 16.0 Å². The van der Waals surface area contributed by atoms with E-state index < -0.39 is 0 Å². The molecule has 1 atom stereocenters. The van der Waals surface area contributed by atoms with Crippen molar-refractivity contribution in [3.05, 3.63) is 63.4 Å². The van der Waals surface area contributed by atoms with Gasteiger partial charge in [0.05, 0.1) is 21.8 Å². The molecule has 1 unspecified atom stereocenters. The Hall–Kier alpha value is -1.09. The van der Waals surface area contributed by atoms with E-state index in [-0.39, 0.29) is 6.04 Å². The molecule has 1 heterocycles. The molecule has 0 amide bonds. The van der Waals surface area contributed by atoms with Gasteiger partial charge in [-0.2, -0.15) is 0 Å². The fraction of sp³-hybridized carbons (Fsp3) is 0.312. The van der Waals surface area contributed by atoms with Crippen LogP contribution in [-0.2, 0) is 0 Å². The quantitative estimate of drug-likeness (QED) is 0.876. The average molecular weight is 309 g/mol. The van der Waals surface area contributed by atoms with Crippen LogP contribution in [0.25, 0.3) is 0 Å². The van der Waals surface area contributed by atoms with Crippen molar-refractivity contribution in [2.45, 2.75) is 25.8 Å². The van der Waals surface area contributed by atoms with Gasteiger partial charge in [0, 0.05) is 6.20 Å². The molecule has 20 heavy (non-hydrogen) atoms. The lowest BCUT2D eigenvalue weighted by atomic mass is 9.97. The highest BCUT2D eigenvalue weighted by Crippen LogP contribution is 2.29. The monoisotopic (exact) mass is 308 g/mol. The van der Waals surface area contributed by atoms with E-state index >= 15 is 0 Å². The van der Waals surface area contributed by atoms with Gasteiger partial charge in [-0.3, -0.25) is 4.98 Å². The molecule has 1 aromatic carbocycles. The Morgan fingerprint density at radius 1 is 1.05 bits per heavy atom. The third kappa shape index (κ3) is 3.32. The van der Waals surface area contributed by atoms with E-state index in [4.69, 9.17) is 23.2 Å². The molecule has 106 valence electrons. The molecule has 1 aromatic heterocycles. The zero-order chi connectivity index (χ0) is 14.7. The minimum atomic E-state index is -0.0408. The highest BCUT2D eigenvalue weighted by molar-refractivity contribution is 6.34. The number of nitrogens with one attached hydrogen (secondary N) is 1. The molecule has 2 rings (SSSR count). The van der Waals surface area contributed by atoms with Gasteiger partial charge in [-0.15, -0.1) is 0 Å². The minimum Gasteiger partial charge on any atom is -0.308 e. The number of aromatic nitrogens is 1. The first-order chi connectivity index (χ1) is 9.52. The predicted octanol–water partition coefficient (Wildman–Crippen LogP) is 4.82. The van der Waals surface area contributed by atoms with Gasteiger partial charge in [0.1, 0.15) is 0 Å². The van der Waals surface area contributed by atoms with Gasteiger partial charge in [-0.05, 0) is 30.2 Å². The standard InChI is InChI=1S/C16H18Cl2N2/c1-10(2)11-4-6-12(7-5-11)15(19-3)16-14(18)8-13(17)9-20-16/h4-10,15,19H,1-3H3. The third-order valence-electron chi connectivity index (χ3n) is 3.33. The molecule has 0 radical (unpaired) electrons. The summed E-state index contributed by atoms with van der Waals surface area (Å²) in [5.74, 6) is 0.523. The van der Waals surface area contributed by atoms with Crippen LogP contribution in [0.1, 0.15) is 42.6 Å². The summed E-state index contributed by atoms with van der Waals surface area (Å²) in [6.45, 7) is 4.37. The SMILES string of the molecule is CNC(c1ccc(C(C)C)cc1)c1ncc(Cl)cc1Cl. The fourth-order valence-electron chi connectivity index (χ4n) is 2.17. The number of halogens is 2. The lowest BCUT2D eigenvalue weighted by Crippen LogP contribution is -2.19. The van der Waals surface area contributed by atoms with Crippen LogP contribution in [0.5, 0.6) is 0 Å². The summed E-state index contributed by atoms with van der Waals surface area (Å²) in [4.78, 5) is 4.36. The molecule has 0 bridgehead atoms. The molecule has 0 saturated carbocycles. The Bertz CT molecular complexity index is 580.